The maximum atomic E-state index is 5.05. The molecule has 1 heterocycles. The van der Waals surface area contributed by atoms with Crippen LogP contribution < -0.4 is 10.2 Å². The second kappa shape index (κ2) is 8.16. The fourth-order valence-corrected chi connectivity index (χ4v) is 3.63. The molecule has 2 rings (SSSR count). The van der Waals surface area contributed by atoms with Crippen LogP contribution in [0.1, 0.15) is 32.3 Å². The van der Waals surface area contributed by atoms with E-state index in [0.29, 0.717) is 6.04 Å². The van der Waals surface area contributed by atoms with Gasteiger partial charge >= 0.3 is 0 Å². The van der Waals surface area contributed by atoms with Crippen molar-refractivity contribution in [2.24, 2.45) is 5.92 Å². The van der Waals surface area contributed by atoms with Crippen LogP contribution in [0, 0.1) is 5.92 Å². The second-order valence-corrected chi connectivity index (χ2v) is 6.86. The van der Waals surface area contributed by atoms with E-state index < -0.39 is 0 Å². The van der Waals surface area contributed by atoms with E-state index in [0.717, 1.165) is 32.2 Å². The Balaban J connectivity index is 2.01. The summed E-state index contributed by atoms with van der Waals surface area (Å²) in [4.78, 5) is 2.54. The van der Waals surface area contributed by atoms with Crippen molar-refractivity contribution in [3.63, 3.8) is 0 Å². The molecular weight excluding hydrogens is 328 g/mol. The first-order chi connectivity index (χ1) is 10.1. The van der Waals surface area contributed by atoms with Gasteiger partial charge in [-0.2, -0.15) is 0 Å². The van der Waals surface area contributed by atoms with Crippen LogP contribution in [-0.2, 0) is 11.3 Å². The molecule has 2 unspecified atom stereocenters. The minimum Gasteiger partial charge on any atom is -0.383 e. The predicted molar refractivity (Wildman–Crippen MR) is 92.9 cm³/mol. The Hall–Kier alpha value is -0.580. The Labute approximate surface area is 137 Å². The highest BCUT2D eigenvalue weighted by Crippen LogP contribution is 2.34. The summed E-state index contributed by atoms with van der Waals surface area (Å²) < 4.78 is 6.25. The Morgan fingerprint density at radius 2 is 2.19 bits per heavy atom. The van der Waals surface area contributed by atoms with E-state index in [1.165, 1.54) is 28.6 Å². The summed E-state index contributed by atoms with van der Waals surface area (Å²) in [7, 11) is 1.73. The van der Waals surface area contributed by atoms with Crippen molar-refractivity contribution in [3.05, 3.63) is 28.2 Å². The van der Waals surface area contributed by atoms with E-state index in [1.807, 2.05) is 0 Å². The lowest BCUT2D eigenvalue weighted by atomic mass is 9.91. The van der Waals surface area contributed by atoms with E-state index in [-0.39, 0.29) is 0 Å². The van der Waals surface area contributed by atoms with E-state index in [4.69, 9.17) is 4.74 Å². The Kier molecular flexibility index (Phi) is 6.52. The molecule has 1 aromatic rings. The summed E-state index contributed by atoms with van der Waals surface area (Å²) in [6.45, 7) is 8.39. The number of rotatable bonds is 6. The standard InChI is InChI=1S/C17H27BrN2O/c1-13-5-4-9-20(14(13)2)17-7-6-15(11-16(17)18)12-19-8-10-21-3/h6-7,11,13-14,19H,4-5,8-10,12H2,1-3H3. The van der Waals surface area contributed by atoms with E-state index in [1.54, 1.807) is 7.11 Å². The fourth-order valence-electron chi connectivity index (χ4n) is 2.98. The third-order valence-corrected chi connectivity index (χ3v) is 5.14. The minimum absolute atomic E-state index is 0.612. The summed E-state index contributed by atoms with van der Waals surface area (Å²) >= 11 is 3.76. The molecule has 2 atom stereocenters. The molecule has 118 valence electrons. The molecule has 1 aliphatic rings. The molecule has 0 amide bonds. The lowest BCUT2D eigenvalue weighted by molar-refractivity contribution is 0.199. The highest BCUT2D eigenvalue weighted by molar-refractivity contribution is 9.10. The number of benzene rings is 1. The first-order valence-corrected chi connectivity index (χ1v) is 8.67. The van der Waals surface area contributed by atoms with Crippen molar-refractivity contribution in [2.75, 3.05) is 31.7 Å². The van der Waals surface area contributed by atoms with Gasteiger partial charge in [0.15, 0.2) is 0 Å². The minimum atomic E-state index is 0.612. The van der Waals surface area contributed by atoms with Gasteiger partial charge in [-0.05, 0) is 59.3 Å². The molecule has 0 bridgehead atoms. The van der Waals surface area contributed by atoms with Gasteiger partial charge in [0.1, 0.15) is 0 Å². The smallest absolute Gasteiger partial charge is 0.0587 e. The summed E-state index contributed by atoms with van der Waals surface area (Å²) in [5, 5.41) is 3.39. The molecule has 0 radical (unpaired) electrons. The SMILES string of the molecule is COCCNCc1ccc(N2CCCC(C)C2C)c(Br)c1. The molecule has 0 spiro atoms. The van der Waals surface area contributed by atoms with Gasteiger partial charge in [0.2, 0.25) is 0 Å². The Morgan fingerprint density at radius 3 is 2.90 bits per heavy atom. The van der Waals surface area contributed by atoms with Crippen molar-refractivity contribution < 1.29 is 4.74 Å². The molecule has 1 N–H and O–H groups in total. The van der Waals surface area contributed by atoms with E-state index in [9.17, 15) is 0 Å². The van der Waals surface area contributed by atoms with Crippen molar-refractivity contribution in [1.29, 1.82) is 0 Å². The fraction of sp³-hybridized carbons (Fsp3) is 0.647. The molecule has 0 saturated carbocycles. The summed E-state index contributed by atoms with van der Waals surface area (Å²) in [5.74, 6) is 0.765. The highest BCUT2D eigenvalue weighted by atomic mass is 79.9. The maximum absolute atomic E-state index is 5.05. The lowest BCUT2D eigenvalue weighted by Gasteiger charge is -2.40. The van der Waals surface area contributed by atoms with E-state index in [2.05, 4.69) is 58.2 Å². The van der Waals surface area contributed by atoms with Crippen LogP contribution >= 0.6 is 15.9 Å². The average molecular weight is 355 g/mol. The monoisotopic (exact) mass is 354 g/mol. The third-order valence-electron chi connectivity index (χ3n) is 4.51. The number of ether oxygens (including phenoxy) is 1. The number of hydrogen-bond acceptors (Lipinski definition) is 3. The van der Waals surface area contributed by atoms with Gasteiger partial charge in [0.05, 0.1) is 12.3 Å². The Bertz CT molecular complexity index is 452. The number of methoxy groups -OCH3 is 1. The third kappa shape index (κ3) is 4.44. The van der Waals surface area contributed by atoms with Crippen LogP contribution in [0.15, 0.2) is 22.7 Å². The number of halogens is 1. The van der Waals surface area contributed by atoms with Crippen LogP contribution in [0.4, 0.5) is 5.69 Å². The Morgan fingerprint density at radius 1 is 1.38 bits per heavy atom. The number of anilines is 1. The van der Waals surface area contributed by atoms with Crippen LogP contribution in [0.5, 0.6) is 0 Å². The maximum Gasteiger partial charge on any atom is 0.0587 e. The van der Waals surface area contributed by atoms with Crippen molar-refractivity contribution >= 4 is 21.6 Å². The van der Waals surface area contributed by atoms with Gasteiger partial charge in [0, 0.05) is 37.3 Å². The molecule has 1 aliphatic heterocycles. The molecule has 21 heavy (non-hydrogen) atoms. The van der Waals surface area contributed by atoms with Gasteiger partial charge in [0.25, 0.3) is 0 Å². The number of nitrogens with one attached hydrogen (secondary N) is 1. The lowest BCUT2D eigenvalue weighted by Crippen LogP contribution is -2.42. The number of nitrogens with zero attached hydrogens (tertiary/aromatic N) is 1. The van der Waals surface area contributed by atoms with Gasteiger partial charge in [-0.15, -0.1) is 0 Å². The van der Waals surface area contributed by atoms with Crippen LogP contribution in [0.25, 0.3) is 0 Å². The topological polar surface area (TPSA) is 24.5 Å². The van der Waals surface area contributed by atoms with Gasteiger partial charge in [-0.1, -0.05) is 13.0 Å². The molecule has 0 aliphatic carbocycles. The zero-order valence-corrected chi connectivity index (χ0v) is 14.9. The zero-order valence-electron chi connectivity index (χ0n) is 13.4. The first-order valence-electron chi connectivity index (χ1n) is 7.88. The highest BCUT2D eigenvalue weighted by Gasteiger charge is 2.25. The van der Waals surface area contributed by atoms with Crippen molar-refractivity contribution in [3.8, 4) is 0 Å². The van der Waals surface area contributed by atoms with Crippen molar-refractivity contribution in [1.82, 2.24) is 5.32 Å². The largest absolute Gasteiger partial charge is 0.383 e. The average Bonchev–Trinajstić information content (AvgIpc) is 2.47. The normalized spacial score (nSPS) is 22.6. The quantitative estimate of drug-likeness (QED) is 0.786. The number of piperidine rings is 1. The molecule has 4 heteroatoms. The van der Waals surface area contributed by atoms with Crippen LogP contribution in [0.2, 0.25) is 0 Å². The molecule has 1 aromatic carbocycles. The van der Waals surface area contributed by atoms with Crippen LogP contribution in [0.3, 0.4) is 0 Å². The first kappa shape index (κ1) is 16.8. The zero-order chi connectivity index (χ0) is 15.2. The molecule has 3 nitrogen and oxygen atoms in total. The van der Waals surface area contributed by atoms with Gasteiger partial charge < -0.3 is 15.0 Å². The van der Waals surface area contributed by atoms with Gasteiger partial charge in [-0.3, -0.25) is 0 Å². The van der Waals surface area contributed by atoms with Crippen LogP contribution in [-0.4, -0.2) is 32.8 Å². The molecule has 1 saturated heterocycles. The second-order valence-electron chi connectivity index (χ2n) is 6.01. The summed E-state index contributed by atoms with van der Waals surface area (Å²) in [6, 6.07) is 7.33. The molecular formula is C17H27BrN2O. The van der Waals surface area contributed by atoms with Crippen molar-refractivity contribution in [2.45, 2.75) is 39.3 Å². The van der Waals surface area contributed by atoms with Gasteiger partial charge in [-0.25, -0.2) is 0 Å². The molecule has 0 aromatic heterocycles. The van der Waals surface area contributed by atoms with E-state index >= 15 is 0 Å². The summed E-state index contributed by atoms with van der Waals surface area (Å²) in [6.07, 6.45) is 2.63. The predicted octanol–water partition coefficient (Wildman–Crippen LogP) is 3.81. The number of hydrogen-bond donors (Lipinski definition) is 1. The summed E-state index contributed by atoms with van der Waals surface area (Å²) in [5.41, 5.74) is 2.63. The molecule has 1 fully saturated rings.